The summed E-state index contributed by atoms with van der Waals surface area (Å²) in [5.74, 6) is -1.18. The van der Waals surface area contributed by atoms with E-state index in [0.29, 0.717) is 0 Å². The zero-order chi connectivity index (χ0) is 15.2. The summed E-state index contributed by atoms with van der Waals surface area (Å²) in [5.41, 5.74) is 4.97. The first-order valence-corrected chi connectivity index (χ1v) is 7.56. The van der Waals surface area contributed by atoms with E-state index in [9.17, 15) is 17.6 Å². The number of benzene rings is 1. The van der Waals surface area contributed by atoms with Gasteiger partial charge in [-0.05, 0) is 25.5 Å². The van der Waals surface area contributed by atoms with Gasteiger partial charge in [0.25, 0.3) is 0 Å². The normalized spacial score (nSPS) is 11.3. The largest absolute Gasteiger partial charge is 0.466 e. The Morgan fingerprint density at radius 3 is 2.80 bits per heavy atom. The molecule has 0 aliphatic rings. The van der Waals surface area contributed by atoms with Crippen molar-refractivity contribution >= 4 is 21.7 Å². The SMILES string of the molecule is CCOC(=O)CCCNS(=O)(=O)c1cccc(F)c1N. The topological polar surface area (TPSA) is 98.5 Å². The van der Waals surface area contributed by atoms with Gasteiger partial charge in [-0.2, -0.15) is 0 Å². The van der Waals surface area contributed by atoms with Crippen molar-refractivity contribution in [1.29, 1.82) is 0 Å². The van der Waals surface area contributed by atoms with Gasteiger partial charge in [-0.15, -0.1) is 0 Å². The molecule has 0 aliphatic heterocycles. The maximum atomic E-state index is 13.2. The second-order valence-corrected chi connectivity index (χ2v) is 5.69. The molecule has 0 fully saturated rings. The van der Waals surface area contributed by atoms with E-state index in [4.69, 9.17) is 10.5 Å². The number of halogens is 1. The van der Waals surface area contributed by atoms with Crippen LogP contribution in [0.3, 0.4) is 0 Å². The molecule has 1 aromatic rings. The highest BCUT2D eigenvalue weighted by Crippen LogP contribution is 2.20. The Bertz CT molecular complexity index is 575. The quantitative estimate of drug-likeness (QED) is 0.445. The Morgan fingerprint density at radius 1 is 1.45 bits per heavy atom. The highest BCUT2D eigenvalue weighted by Gasteiger charge is 2.18. The van der Waals surface area contributed by atoms with E-state index in [1.807, 2.05) is 0 Å². The number of esters is 1. The lowest BCUT2D eigenvalue weighted by Gasteiger charge is -2.09. The average molecular weight is 304 g/mol. The van der Waals surface area contributed by atoms with E-state index < -0.39 is 27.5 Å². The lowest BCUT2D eigenvalue weighted by atomic mass is 10.3. The molecule has 0 atom stereocenters. The van der Waals surface area contributed by atoms with Crippen LogP contribution < -0.4 is 10.5 Å². The molecule has 0 aliphatic carbocycles. The van der Waals surface area contributed by atoms with Gasteiger partial charge < -0.3 is 10.5 Å². The number of rotatable bonds is 7. The lowest BCUT2D eigenvalue weighted by Crippen LogP contribution is -2.26. The minimum absolute atomic E-state index is 0.0388. The van der Waals surface area contributed by atoms with Gasteiger partial charge in [0.1, 0.15) is 10.7 Å². The minimum atomic E-state index is -3.89. The van der Waals surface area contributed by atoms with Gasteiger partial charge in [-0.3, -0.25) is 4.79 Å². The second kappa shape index (κ2) is 7.20. The van der Waals surface area contributed by atoms with Gasteiger partial charge in [0, 0.05) is 13.0 Å². The Morgan fingerprint density at radius 2 is 2.15 bits per heavy atom. The van der Waals surface area contributed by atoms with Crippen LogP contribution in [-0.2, 0) is 19.6 Å². The third-order valence-corrected chi connectivity index (χ3v) is 3.98. The maximum absolute atomic E-state index is 13.2. The zero-order valence-corrected chi connectivity index (χ0v) is 11.9. The number of hydrogen-bond donors (Lipinski definition) is 2. The van der Waals surface area contributed by atoms with Crippen molar-refractivity contribution in [2.45, 2.75) is 24.7 Å². The number of hydrogen-bond acceptors (Lipinski definition) is 5. The molecule has 1 aromatic carbocycles. The average Bonchev–Trinajstić information content (AvgIpc) is 2.38. The molecule has 0 bridgehead atoms. The maximum Gasteiger partial charge on any atom is 0.305 e. The molecule has 112 valence electrons. The van der Waals surface area contributed by atoms with Crippen LogP contribution in [0.15, 0.2) is 23.1 Å². The molecule has 20 heavy (non-hydrogen) atoms. The summed E-state index contributed by atoms with van der Waals surface area (Å²) in [7, 11) is -3.89. The number of para-hydroxylation sites is 1. The third kappa shape index (κ3) is 4.46. The molecule has 0 amide bonds. The summed E-state index contributed by atoms with van der Waals surface area (Å²) in [6, 6.07) is 3.56. The smallest absolute Gasteiger partial charge is 0.305 e. The molecule has 3 N–H and O–H groups in total. The first-order valence-electron chi connectivity index (χ1n) is 6.07. The standard InChI is InChI=1S/C12H17FN2O4S/c1-2-19-11(16)7-4-8-15-20(17,18)10-6-3-5-9(13)12(10)14/h3,5-6,15H,2,4,7-8,14H2,1H3. The van der Waals surface area contributed by atoms with Crippen molar-refractivity contribution in [3.8, 4) is 0 Å². The molecule has 0 saturated heterocycles. The summed E-state index contributed by atoms with van der Waals surface area (Å²) in [6.07, 6.45) is 0.391. The van der Waals surface area contributed by atoms with Crippen LogP contribution in [0.25, 0.3) is 0 Å². The number of sulfonamides is 1. The molecule has 0 heterocycles. The van der Waals surface area contributed by atoms with Crippen LogP contribution >= 0.6 is 0 Å². The van der Waals surface area contributed by atoms with Crippen molar-refractivity contribution in [3.63, 3.8) is 0 Å². The van der Waals surface area contributed by atoms with Crippen LogP contribution in [0.1, 0.15) is 19.8 Å². The third-order valence-electron chi connectivity index (χ3n) is 2.46. The summed E-state index contributed by atoms with van der Waals surface area (Å²) >= 11 is 0. The summed E-state index contributed by atoms with van der Waals surface area (Å²) in [5, 5.41) is 0. The fraction of sp³-hybridized carbons (Fsp3) is 0.417. The van der Waals surface area contributed by atoms with Gasteiger partial charge in [-0.1, -0.05) is 6.07 Å². The number of nitrogen functional groups attached to an aromatic ring is 1. The molecule has 0 spiro atoms. The predicted octanol–water partition coefficient (Wildman–Crippen LogP) is 1.03. The van der Waals surface area contributed by atoms with E-state index in [2.05, 4.69) is 4.72 Å². The molecule has 6 nitrogen and oxygen atoms in total. The monoisotopic (exact) mass is 304 g/mol. The van der Waals surface area contributed by atoms with Crippen LogP contribution in [0, 0.1) is 5.82 Å². The van der Waals surface area contributed by atoms with Crippen LogP contribution in [-0.4, -0.2) is 27.5 Å². The highest BCUT2D eigenvalue weighted by molar-refractivity contribution is 7.89. The van der Waals surface area contributed by atoms with Crippen LogP contribution in [0.5, 0.6) is 0 Å². The number of carbonyl (C=O) groups excluding carboxylic acids is 1. The zero-order valence-electron chi connectivity index (χ0n) is 11.1. The minimum Gasteiger partial charge on any atom is -0.466 e. The first kappa shape index (κ1) is 16.4. The molecule has 0 radical (unpaired) electrons. The van der Waals surface area contributed by atoms with Crippen molar-refractivity contribution < 1.29 is 22.3 Å². The lowest BCUT2D eigenvalue weighted by molar-refractivity contribution is -0.143. The van der Waals surface area contributed by atoms with E-state index in [1.54, 1.807) is 6.92 Å². The molecule has 0 saturated carbocycles. The fourth-order valence-electron chi connectivity index (χ4n) is 1.50. The van der Waals surface area contributed by atoms with E-state index in [0.717, 1.165) is 6.07 Å². The van der Waals surface area contributed by atoms with Crippen LogP contribution in [0.4, 0.5) is 10.1 Å². The molecule has 8 heteroatoms. The summed E-state index contributed by atoms with van der Waals surface area (Å²) in [6.45, 7) is 2.01. The van der Waals surface area contributed by atoms with Crippen LogP contribution in [0.2, 0.25) is 0 Å². The first-order chi connectivity index (χ1) is 9.38. The Hall–Kier alpha value is -1.67. The second-order valence-electron chi connectivity index (χ2n) is 3.96. The molecule has 0 unspecified atom stereocenters. The van der Waals surface area contributed by atoms with Crippen molar-refractivity contribution in [2.24, 2.45) is 0 Å². The Labute approximate surface area is 117 Å². The fourth-order valence-corrected chi connectivity index (χ4v) is 2.72. The number of nitrogens with one attached hydrogen (secondary N) is 1. The number of ether oxygens (including phenoxy) is 1. The highest BCUT2D eigenvalue weighted by atomic mass is 32.2. The van der Waals surface area contributed by atoms with Gasteiger partial charge in [0.2, 0.25) is 10.0 Å². The molecular weight excluding hydrogens is 287 g/mol. The van der Waals surface area contributed by atoms with E-state index >= 15 is 0 Å². The summed E-state index contributed by atoms with van der Waals surface area (Å²) < 4.78 is 44.0. The Balaban J connectivity index is 2.58. The Kier molecular flexibility index (Phi) is 5.90. The predicted molar refractivity (Wildman–Crippen MR) is 71.9 cm³/mol. The number of carbonyl (C=O) groups is 1. The van der Waals surface area contributed by atoms with E-state index in [-0.39, 0.29) is 30.9 Å². The van der Waals surface area contributed by atoms with Gasteiger partial charge in [0.15, 0.2) is 0 Å². The van der Waals surface area contributed by atoms with Crippen molar-refractivity contribution in [1.82, 2.24) is 4.72 Å². The van der Waals surface area contributed by atoms with Gasteiger partial charge in [0.05, 0.1) is 12.3 Å². The van der Waals surface area contributed by atoms with Crippen molar-refractivity contribution in [3.05, 3.63) is 24.0 Å². The summed E-state index contributed by atoms with van der Waals surface area (Å²) in [4.78, 5) is 10.8. The van der Waals surface area contributed by atoms with E-state index in [1.165, 1.54) is 12.1 Å². The van der Waals surface area contributed by atoms with Gasteiger partial charge >= 0.3 is 5.97 Å². The molecule has 1 rings (SSSR count). The van der Waals surface area contributed by atoms with Crippen molar-refractivity contribution in [2.75, 3.05) is 18.9 Å². The number of anilines is 1. The molecule has 0 aromatic heterocycles. The molecular formula is C12H17FN2O4S. The van der Waals surface area contributed by atoms with Gasteiger partial charge in [-0.25, -0.2) is 17.5 Å². The number of nitrogens with two attached hydrogens (primary N) is 1.